The zero-order valence-electron chi connectivity index (χ0n) is 12.5. The van der Waals surface area contributed by atoms with E-state index in [0.717, 1.165) is 19.4 Å². The Morgan fingerprint density at radius 2 is 1.95 bits per heavy atom. The van der Waals surface area contributed by atoms with Gasteiger partial charge in [-0.05, 0) is 57.2 Å². The van der Waals surface area contributed by atoms with Crippen molar-refractivity contribution in [3.8, 4) is 0 Å². The number of ether oxygens (including phenoxy) is 1. The molecule has 1 aliphatic heterocycles. The summed E-state index contributed by atoms with van der Waals surface area (Å²) in [7, 11) is 0. The highest BCUT2D eigenvalue weighted by molar-refractivity contribution is 5.38. The fourth-order valence-electron chi connectivity index (χ4n) is 3.36. The summed E-state index contributed by atoms with van der Waals surface area (Å²) in [5.74, 6) is 6.29. The molecule has 3 heteroatoms. The van der Waals surface area contributed by atoms with Crippen LogP contribution in [0.5, 0.6) is 0 Å². The van der Waals surface area contributed by atoms with Crippen LogP contribution in [0.2, 0.25) is 0 Å². The zero-order valence-corrected chi connectivity index (χ0v) is 12.5. The number of nitrogens with one attached hydrogen (secondary N) is 1. The van der Waals surface area contributed by atoms with Crippen molar-refractivity contribution in [1.29, 1.82) is 0 Å². The molecule has 0 aromatic heterocycles. The molecule has 0 amide bonds. The summed E-state index contributed by atoms with van der Waals surface area (Å²) in [6, 6.07) is 4.80. The normalized spacial score (nSPS) is 24.7. The lowest BCUT2D eigenvalue weighted by Gasteiger charge is -2.26. The first kappa shape index (κ1) is 14.5. The van der Waals surface area contributed by atoms with Crippen molar-refractivity contribution in [2.24, 2.45) is 11.8 Å². The average Bonchev–Trinajstić information content (AvgIpc) is 2.75. The summed E-state index contributed by atoms with van der Waals surface area (Å²) in [4.78, 5) is 0. The lowest BCUT2D eigenvalue weighted by Crippen LogP contribution is -2.45. The highest BCUT2D eigenvalue weighted by atomic mass is 16.5. The van der Waals surface area contributed by atoms with E-state index in [-0.39, 0.29) is 6.04 Å². The van der Waals surface area contributed by atoms with Crippen LogP contribution in [-0.2, 0) is 11.2 Å². The molecule has 1 saturated heterocycles. The summed E-state index contributed by atoms with van der Waals surface area (Å²) in [6.45, 7) is 9.54. The zero-order chi connectivity index (χ0) is 14.0. The molecular formula is C16H26N2O. The number of hydrazine groups is 1. The Bertz CT molecular complexity index is 421. The minimum absolute atomic E-state index is 0.289. The molecule has 1 aromatic rings. The van der Waals surface area contributed by atoms with Crippen LogP contribution >= 0.6 is 0 Å². The van der Waals surface area contributed by atoms with Crippen LogP contribution in [0.1, 0.15) is 35.6 Å². The van der Waals surface area contributed by atoms with E-state index in [2.05, 4.69) is 45.3 Å². The maximum atomic E-state index is 5.79. The average molecular weight is 262 g/mol. The summed E-state index contributed by atoms with van der Waals surface area (Å²) in [5, 5.41) is 0. The first-order valence-electron chi connectivity index (χ1n) is 7.17. The molecule has 0 radical (unpaired) electrons. The Morgan fingerprint density at radius 3 is 2.42 bits per heavy atom. The summed E-state index contributed by atoms with van der Waals surface area (Å²) in [5.41, 5.74) is 8.49. The Balaban J connectivity index is 2.19. The smallest absolute Gasteiger partial charge is 0.0591 e. The second kappa shape index (κ2) is 6.04. The fourth-order valence-corrected chi connectivity index (χ4v) is 3.36. The molecule has 0 saturated carbocycles. The lowest BCUT2D eigenvalue weighted by molar-refractivity contribution is 0.0953. The van der Waals surface area contributed by atoms with Crippen molar-refractivity contribution in [3.63, 3.8) is 0 Å². The minimum Gasteiger partial charge on any atom is -0.378 e. The molecule has 3 atom stereocenters. The SMILES string of the molecule is Cc1cc(C)c(CC(NN)C2CCOC2C)c(C)c1. The second-order valence-electron chi connectivity index (χ2n) is 5.88. The number of benzene rings is 1. The van der Waals surface area contributed by atoms with Gasteiger partial charge in [0.1, 0.15) is 0 Å². The number of hydrogen-bond donors (Lipinski definition) is 2. The van der Waals surface area contributed by atoms with Crippen LogP contribution < -0.4 is 11.3 Å². The van der Waals surface area contributed by atoms with Crippen molar-refractivity contribution in [2.75, 3.05) is 6.61 Å². The van der Waals surface area contributed by atoms with E-state index in [1.807, 2.05) is 0 Å². The predicted molar refractivity (Wildman–Crippen MR) is 79.0 cm³/mol. The Labute approximate surface area is 116 Å². The van der Waals surface area contributed by atoms with Gasteiger partial charge in [0.15, 0.2) is 0 Å². The van der Waals surface area contributed by atoms with Gasteiger partial charge in [0.25, 0.3) is 0 Å². The van der Waals surface area contributed by atoms with Gasteiger partial charge in [-0.1, -0.05) is 17.7 Å². The van der Waals surface area contributed by atoms with E-state index < -0.39 is 0 Å². The Kier molecular flexibility index (Phi) is 4.61. The molecule has 3 nitrogen and oxygen atoms in total. The summed E-state index contributed by atoms with van der Waals surface area (Å²) >= 11 is 0. The van der Waals surface area contributed by atoms with Gasteiger partial charge in [-0.15, -0.1) is 0 Å². The first-order valence-corrected chi connectivity index (χ1v) is 7.17. The van der Waals surface area contributed by atoms with Crippen molar-refractivity contribution in [1.82, 2.24) is 5.43 Å². The van der Waals surface area contributed by atoms with Crippen LogP contribution in [0.3, 0.4) is 0 Å². The van der Waals surface area contributed by atoms with Gasteiger partial charge in [-0.3, -0.25) is 11.3 Å². The second-order valence-corrected chi connectivity index (χ2v) is 5.88. The van der Waals surface area contributed by atoms with Crippen molar-refractivity contribution in [3.05, 3.63) is 34.4 Å². The molecule has 0 spiro atoms. The number of hydrogen-bond acceptors (Lipinski definition) is 3. The molecule has 3 N–H and O–H groups in total. The summed E-state index contributed by atoms with van der Waals surface area (Å²) in [6.07, 6.45) is 2.37. The third kappa shape index (κ3) is 3.16. The molecule has 0 bridgehead atoms. The Hall–Kier alpha value is -0.900. The van der Waals surface area contributed by atoms with Crippen LogP contribution in [0.4, 0.5) is 0 Å². The Morgan fingerprint density at radius 1 is 1.32 bits per heavy atom. The number of rotatable bonds is 4. The molecule has 2 rings (SSSR count). The van der Waals surface area contributed by atoms with E-state index >= 15 is 0 Å². The highest BCUT2D eigenvalue weighted by Gasteiger charge is 2.31. The van der Waals surface area contributed by atoms with E-state index in [0.29, 0.717) is 12.0 Å². The quantitative estimate of drug-likeness (QED) is 0.647. The van der Waals surface area contributed by atoms with Gasteiger partial charge < -0.3 is 4.74 Å². The largest absolute Gasteiger partial charge is 0.378 e. The van der Waals surface area contributed by atoms with E-state index in [9.17, 15) is 0 Å². The minimum atomic E-state index is 0.289. The fraction of sp³-hybridized carbons (Fsp3) is 0.625. The molecule has 1 aliphatic rings. The summed E-state index contributed by atoms with van der Waals surface area (Å²) < 4.78 is 5.67. The van der Waals surface area contributed by atoms with Crippen molar-refractivity contribution in [2.45, 2.75) is 52.7 Å². The van der Waals surface area contributed by atoms with Crippen molar-refractivity contribution < 1.29 is 4.74 Å². The van der Waals surface area contributed by atoms with Gasteiger partial charge in [-0.25, -0.2) is 0 Å². The van der Waals surface area contributed by atoms with Crippen LogP contribution in [0.15, 0.2) is 12.1 Å². The molecule has 106 valence electrons. The monoisotopic (exact) mass is 262 g/mol. The number of aryl methyl sites for hydroxylation is 3. The van der Waals surface area contributed by atoms with Gasteiger partial charge in [0.2, 0.25) is 0 Å². The first-order chi connectivity index (χ1) is 9.02. The van der Waals surface area contributed by atoms with Crippen LogP contribution in [0.25, 0.3) is 0 Å². The van der Waals surface area contributed by atoms with Crippen LogP contribution in [0, 0.1) is 26.7 Å². The van der Waals surface area contributed by atoms with Crippen LogP contribution in [-0.4, -0.2) is 18.8 Å². The maximum absolute atomic E-state index is 5.79. The molecule has 1 fully saturated rings. The molecule has 3 unspecified atom stereocenters. The van der Waals surface area contributed by atoms with Gasteiger partial charge in [-0.2, -0.15) is 0 Å². The third-order valence-corrected chi connectivity index (χ3v) is 4.43. The predicted octanol–water partition coefficient (Wildman–Crippen LogP) is 2.41. The number of nitrogens with two attached hydrogens (primary N) is 1. The van der Waals surface area contributed by atoms with E-state index in [4.69, 9.17) is 10.6 Å². The third-order valence-electron chi connectivity index (χ3n) is 4.43. The van der Waals surface area contributed by atoms with Gasteiger partial charge >= 0.3 is 0 Å². The molecule has 1 aromatic carbocycles. The molecule has 0 aliphatic carbocycles. The standard InChI is InChI=1S/C16H26N2O/c1-10-7-11(2)15(12(3)8-10)9-16(18-17)14-5-6-19-13(14)4/h7-8,13-14,16,18H,5-6,9,17H2,1-4H3. The van der Waals surface area contributed by atoms with Crippen molar-refractivity contribution >= 4 is 0 Å². The maximum Gasteiger partial charge on any atom is 0.0591 e. The molecule has 1 heterocycles. The van der Waals surface area contributed by atoms with Gasteiger partial charge in [0.05, 0.1) is 6.10 Å². The lowest BCUT2D eigenvalue weighted by atomic mass is 9.86. The van der Waals surface area contributed by atoms with Gasteiger partial charge in [0, 0.05) is 18.6 Å². The highest BCUT2D eigenvalue weighted by Crippen LogP contribution is 2.27. The topological polar surface area (TPSA) is 47.3 Å². The van der Waals surface area contributed by atoms with E-state index in [1.165, 1.54) is 22.3 Å². The molecule has 19 heavy (non-hydrogen) atoms. The molecular weight excluding hydrogens is 236 g/mol. The van der Waals surface area contributed by atoms with E-state index in [1.54, 1.807) is 0 Å².